The average molecular weight is 547 g/mol. The van der Waals surface area contributed by atoms with Gasteiger partial charge in [-0.25, -0.2) is 9.18 Å². The number of benzene rings is 1. The average Bonchev–Trinajstić information content (AvgIpc) is 3.41. The van der Waals surface area contributed by atoms with Gasteiger partial charge in [0.2, 0.25) is 0 Å². The van der Waals surface area contributed by atoms with E-state index in [1.807, 2.05) is 18.3 Å². The molecule has 0 unspecified atom stereocenters. The second kappa shape index (κ2) is 10.9. The Morgan fingerprint density at radius 3 is 2.72 bits per heavy atom. The van der Waals surface area contributed by atoms with E-state index in [1.165, 1.54) is 35.5 Å². The molecule has 3 aromatic heterocycles. The minimum absolute atomic E-state index is 0.0755. The molecular weight excluding hydrogens is 515 g/mol. The topological polar surface area (TPSA) is 82.6 Å². The molecule has 39 heavy (non-hydrogen) atoms. The Bertz CT molecular complexity index is 1490. The molecule has 8 nitrogen and oxygen atoms in total. The van der Waals surface area contributed by atoms with Crippen LogP contribution < -0.4 is 15.4 Å². The number of nitrogens with one attached hydrogen (secondary N) is 2. The van der Waals surface area contributed by atoms with Crippen molar-refractivity contribution in [1.29, 1.82) is 0 Å². The standard InChI is InChI=1S/C29H31FN6O2S/c1-35(2)21-10-12-36(17-21)16-18-3-7-23(32-15-18)27-14-24-28(39-27)26(9-11-31-24)38-25-8-6-20(13-22(25)30)34-29(37)33-19-4-5-19/h3,6-9,11,13-15,19,21H,4-5,10,12,16-17H2,1-2H3,(H2,33,34,37)/t21-/m0/s1. The van der Waals surface area contributed by atoms with E-state index >= 15 is 0 Å². The second-order valence-electron chi connectivity index (χ2n) is 10.4. The number of urea groups is 1. The number of rotatable bonds is 8. The van der Waals surface area contributed by atoms with Gasteiger partial charge in [0.15, 0.2) is 11.6 Å². The zero-order valence-electron chi connectivity index (χ0n) is 22.0. The van der Waals surface area contributed by atoms with Crippen LogP contribution in [0.4, 0.5) is 14.9 Å². The summed E-state index contributed by atoms with van der Waals surface area (Å²) in [5.74, 6) is 0.0306. The fourth-order valence-electron chi connectivity index (χ4n) is 4.78. The summed E-state index contributed by atoms with van der Waals surface area (Å²) in [6.45, 7) is 3.08. The molecule has 2 aliphatic rings. The summed E-state index contributed by atoms with van der Waals surface area (Å²) in [5, 5.41) is 5.48. The van der Waals surface area contributed by atoms with E-state index in [-0.39, 0.29) is 17.8 Å². The molecule has 0 spiro atoms. The number of anilines is 1. The third-order valence-corrected chi connectivity index (χ3v) is 8.32. The predicted octanol–water partition coefficient (Wildman–Crippen LogP) is 5.71. The van der Waals surface area contributed by atoms with Crippen LogP contribution in [0.25, 0.3) is 20.8 Å². The summed E-state index contributed by atoms with van der Waals surface area (Å²) < 4.78 is 21.6. The highest BCUT2D eigenvalue weighted by atomic mass is 32.1. The summed E-state index contributed by atoms with van der Waals surface area (Å²) in [5.41, 5.74) is 3.19. The van der Waals surface area contributed by atoms with Crippen LogP contribution in [0.15, 0.2) is 54.9 Å². The van der Waals surface area contributed by atoms with Crippen molar-refractivity contribution in [2.24, 2.45) is 0 Å². The molecule has 202 valence electrons. The molecular formula is C29H31FN6O2S. The molecule has 0 radical (unpaired) electrons. The molecule has 1 atom stereocenters. The maximum Gasteiger partial charge on any atom is 0.319 e. The number of hydrogen-bond acceptors (Lipinski definition) is 7. The van der Waals surface area contributed by atoms with E-state index < -0.39 is 5.82 Å². The van der Waals surface area contributed by atoms with Crippen molar-refractivity contribution in [3.63, 3.8) is 0 Å². The number of nitrogens with zero attached hydrogens (tertiary/aromatic N) is 4. The SMILES string of the molecule is CN(C)[C@H]1CCN(Cc2ccc(-c3cc4nccc(Oc5ccc(NC(=O)NC6CC6)cc5F)c4s3)nc2)C1. The highest BCUT2D eigenvalue weighted by Crippen LogP contribution is 2.39. The van der Waals surface area contributed by atoms with E-state index in [9.17, 15) is 9.18 Å². The zero-order chi connectivity index (χ0) is 26.9. The molecule has 1 saturated carbocycles. The van der Waals surface area contributed by atoms with Gasteiger partial charge in [-0.2, -0.15) is 0 Å². The molecule has 4 heterocycles. The normalized spacial score (nSPS) is 17.6. The molecule has 2 fully saturated rings. The lowest BCUT2D eigenvalue weighted by Gasteiger charge is -2.20. The number of thiophene rings is 1. The smallest absolute Gasteiger partial charge is 0.319 e. The third kappa shape index (κ3) is 6.03. The van der Waals surface area contributed by atoms with Crippen LogP contribution in [0.2, 0.25) is 0 Å². The zero-order valence-corrected chi connectivity index (χ0v) is 22.8. The molecule has 4 aromatic rings. The Balaban J connectivity index is 1.15. The molecule has 1 aliphatic heterocycles. The Labute approximate surface area is 230 Å². The van der Waals surface area contributed by atoms with E-state index in [0.717, 1.165) is 53.3 Å². The number of carbonyl (C=O) groups is 1. The number of aromatic nitrogens is 2. The number of ether oxygens (including phenoxy) is 1. The van der Waals surface area contributed by atoms with Gasteiger partial charge in [0, 0.05) is 61.9 Å². The maximum atomic E-state index is 14.9. The fraction of sp³-hybridized carbons (Fsp3) is 0.345. The molecule has 2 N–H and O–H groups in total. The van der Waals surface area contributed by atoms with Crippen LogP contribution in [0.5, 0.6) is 11.5 Å². The Kier molecular flexibility index (Phi) is 7.16. The summed E-state index contributed by atoms with van der Waals surface area (Å²) >= 11 is 1.51. The summed E-state index contributed by atoms with van der Waals surface area (Å²) in [6, 6.07) is 12.8. The third-order valence-electron chi connectivity index (χ3n) is 7.16. The molecule has 2 amide bonds. The number of pyridine rings is 2. The predicted molar refractivity (Wildman–Crippen MR) is 152 cm³/mol. The van der Waals surface area contributed by atoms with E-state index in [4.69, 9.17) is 9.72 Å². The van der Waals surface area contributed by atoms with Crippen molar-refractivity contribution >= 4 is 33.3 Å². The van der Waals surface area contributed by atoms with Crippen molar-refractivity contribution in [3.8, 4) is 22.1 Å². The van der Waals surface area contributed by atoms with Crippen molar-refractivity contribution in [1.82, 2.24) is 25.1 Å². The molecule has 1 aliphatic carbocycles. The van der Waals surface area contributed by atoms with Crippen molar-refractivity contribution < 1.29 is 13.9 Å². The molecule has 0 bridgehead atoms. The highest BCUT2D eigenvalue weighted by Gasteiger charge is 2.24. The van der Waals surface area contributed by atoms with Crippen LogP contribution in [0.1, 0.15) is 24.8 Å². The van der Waals surface area contributed by atoms with E-state index in [1.54, 1.807) is 18.3 Å². The lowest BCUT2D eigenvalue weighted by Crippen LogP contribution is -2.31. The van der Waals surface area contributed by atoms with E-state index in [0.29, 0.717) is 17.5 Å². The number of likely N-dealkylation sites (N-methyl/N-ethyl adjacent to an activating group) is 1. The lowest BCUT2D eigenvalue weighted by atomic mass is 10.2. The minimum atomic E-state index is -0.562. The summed E-state index contributed by atoms with van der Waals surface area (Å²) in [7, 11) is 4.28. The quantitative estimate of drug-likeness (QED) is 0.295. The summed E-state index contributed by atoms with van der Waals surface area (Å²) in [6.07, 6.45) is 6.76. The Morgan fingerprint density at radius 2 is 2.00 bits per heavy atom. The van der Waals surface area contributed by atoms with Crippen LogP contribution in [-0.4, -0.2) is 65.1 Å². The van der Waals surface area contributed by atoms with Crippen molar-refractivity contribution in [2.45, 2.75) is 37.9 Å². The number of amides is 2. The van der Waals surface area contributed by atoms with Gasteiger partial charge in [0.25, 0.3) is 0 Å². The minimum Gasteiger partial charge on any atom is -0.453 e. The first kappa shape index (κ1) is 25.7. The van der Waals surface area contributed by atoms with Gasteiger partial charge in [-0.1, -0.05) is 6.07 Å². The summed E-state index contributed by atoms with van der Waals surface area (Å²) in [4.78, 5) is 26.9. The number of hydrogen-bond donors (Lipinski definition) is 2. The molecule has 10 heteroatoms. The van der Waals surface area contributed by atoms with Gasteiger partial charge in [-0.3, -0.25) is 14.9 Å². The van der Waals surface area contributed by atoms with Gasteiger partial charge < -0.3 is 20.3 Å². The molecule has 1 saturated heterocycles. The Hall–Kier alpha value is -3.60. The van der Waals surface area contributed by atoms with Crippen LogP contribution in [-0.2, 0) is 6.54 Å². The van der Waals surface area contributed by atoms with Crippen molar-refractivity contribution in [2.75, 3.05) is 32.5 Å². The molecule has 1 aromatic carbocycles. The lowest BCUT2D eigenvalue weighted by molar-refractivity contribution is 0.251. The first-order valence-corrected chi connectivity index (χ1v) is 14.0. The van der Waals surface area contributed by atoms with Gasteiger partial charge in [-0.15, -0.1) is 11.3 Å². The number of fused-ring (bicyclic) bond motifs is 1. The van der Waals surface area contributed by atoms with Crippen LogP contribution in [0.3, 0.4) is 0 Å². The van der Waals surface area contributed by atoms with E-state index in [2.05, 4.69) is 45.6 Å². The first-order valence-electron chi connectivity index (χ1n) is 13.2. The largest absolute Gasteiger partial charge is 0.453 e. The Morgan fingerprint density at radius 1 is 1.13 bits per heavy atom. The monoisotopic (exact) mass is 546 g/mol. The number of halogens is 1. The highest BCUT2D eigenvalue weighted by molar-refractivity contribution is 7.22. The maximum absolute atomic E-state index is 14.9. The first-order chi connectivity index (χ1) is 18.9. The van der Waals surface area contributed by atoms with Gasteiger partial charge in [0.1, 0.15) is 5.75 Å². The van der Waals surface area contributed by atoms with Crippen LogP contribution in [0, 0.1) is 5.82 Å². The van der Waals surface area contributed by atoms with Gasteiger partial charge in [-0.05, 0) is 63.2 Å². The van der Waals surface area contributed by atoms with Gasteiger partial charge in [0.05, 0.1) is 20.8 Å². The van der Waals surface area contributed by atoms with Gasteiger partial charge >= 0.3 is 6.03 Å². The fourth-order valence-corrected chi connectivity index (χ4v) is 5.82. The molecule has 6 rings (SSSR count). The van der Waals surface area contributed by atoms with Crippen LogP contribution >= 0.6 is 11.3 Å². The van der Waals surface area contributed by atoms with Crippen molar-refractivity contribution in [3.05, 3.63) is 66.2 Å². The second-order valence-corrected chi connectivity index (χ2v) is 11.5. The number of likely N-dealkylation sites (tertiary alicyclic amines) is 1. The number of carbonyl (C=O) groups excluding carboxylic acids is 1.